The highest BCUT2D eigenvalue weighted by Crippen LogP contribution is 2.26. The minimum Gasteiger partial charge on any atom is -0.471 e. The maximum atomic E-state index is 12.2. The van der Waals surface area contributed by atoms with E-state index in [0.29, 0.717) is 30.1 Å². The molecular weight excluding hydrogens is 534 g/mol. The van der Waals surface area contributed by atoms with Crippen molar-refractivity contribution < 1.29 is 19.0 Å². The Bertz CT molecular complexity index is 1610. The van der Waals surface area contributed by atoms with Crippen LogP contribution in [0.5, 0.6) is 5.88 Å². The molecule has 216 valence electrons. The number of anilines is 1. The van der Waals surface area contributed by atoms with Crippen LogP contribution in [0.3, 0.4) is 0 Å². The Hall–Kier alpha value is -4.53. The maximum Gasteiger partial charge on any atom is 0.337 e. The Morgan fingerprint density at radius 1 is 1.17 bits per heavy atom. The van der Waals surface area contributed by atoms with Crippen LogP contribution in [0, 0.1) is 11.3 Å². The number of imidazole rings is 1. The molecule has 5 heterocycles. The molecule has 2 aliphatic heterocycles. The number of methoxy groups -OCH3 is 1. The molecule has 42 heavy (non-hydrogen) atoms. The lowest BCUT2D eigenvalue weighted by molar-refractivity contribution is -0.0592. The second kappa shape index (κ2) is 12.1. The van der Waals surface area contributed by atoms with Crippen LogP contribution in [0.2, 0.25) is 0 Å². The molecule has 3 aromatic heterocycles. The first kappa shape index (κ1) is 27.6. The van der Waals surface area contributed by atoms with Crippen molar-refractivity contribution in [3.8, 4) is 11.9 Å². The number of rotatable bonds is 9. The zero-order chi connectivity index (χ0) is 29.1. The maximum absolute atomic E-state index is 12.2. The highest BCUT2D eigenvalue weighted by molar-refractivity contribution is 5.93. The Morgan fingerprint density at radius 3 is 2.76 bits per heavy atom. The number of pyridine rings is 2. The van der Waals surface area contributed by atoms with E-state index in [1.807, 2.05) is 30.3 Å². The van der Waals surface area contributed by atoms with Crippen molar-refractivity contribution in [2.24, 2.45) is 0 Å². The molecule has 0 radical (unpaired) electrons. The Balaban J connectivity index is 1.13. The molecule has 1 aromatic carbocycles. The number of fused-ring (bicyclic) bond motifs is 1. The van der Waals surface area contributed by atoms with Crippen molar-refractivity contribution in [3.63, 3.8) is 0 Å². The third-order valence-corrected chi connectivity index (χ3v) is 7.89. The number of esters is 1. The topological polar surface area (TPSA) is 119 Å². The molecule has 0 aliphatic carbocycles. The van der Waals surface area contributed by atoms with E-state index in [1.54, 1.807) is 24.4 Å². The summed E-state index contributed by atoms with van der Waals surface area (Å²) in [6, 6.07) is 17.2. The summed E-state index contributed by atoms with van der Waals surface area (Å²) >= 11 is 0. The fourth-order valence-electron chi connectivity index (χ4n) is 5.38. The van der Waals surface area contributed by atoms with Crippen LogP contribution in [-0.2, 0) is 29.2 Å². The quantitative estimate of drug-likeness (QED) is 0.278. The fraction of sp³-hybridized carbons (Fsp3) is 0.387. The standard InChI is InChI=1S/C31H33N7O4/c1-21-17-37(28-4-3-5-30(35-28)42-20-24-8-6-22(15-32)16-33-24)12-11-36(21)19-29-34-26-9-7-23(31(39)40-2)14-27(26)38(29)18-25-10-13-41-25/h3-9,14,16,21,25H,10-13,17-20H2,1-2H3. The summed E-state index contributed by atoms with van der Waals surface area (Å²) in [6.45, 7) is 7.16. The van der Waals surface area contributed by atoms with Gasteiger partial charge in [0.2, 0.25) is 5.88 Å². The zero-order valence-electron chi connectivity index (χ0n) is 23.8. The number of carbonyl (C=O) groups excluding carboxylic acids is 1. The molecule has 0 saturated carbocycles. The van der Waals surface area contributed by atoms with Crippen LogP contribution in [0.4, 0.5) is 5.82 Å². The first-order valence-electron chi connectivity index (χ1n) is 14.1. The van der Waals surface area contributed by atoms with E-state index in [4.69, 9.17) is 29.4 Å². The predicted molar refractivity (Wildman–Crippen MR) is 155 cm³/mol. The van der Waals surface area contributed by atoms with Gasteiger partial charge in [-0.3, -0.25) is 9.88 Å². The molecule has 2 unspecified atom stereocenters. The molecule has 0 bridgehead atoms. The van der Waals surface area contributed by atoms with Gasteiger partial charge in [0.1, 0.15) is 24.3 Å². The number of piperazine rings is 1. The van der Waals surface area contributed by atoms with Crippen LogP contribution >= 0.6 is 0 Å². The van der Waals surface area contributed by atoms with Gasteiger partial charge in [0, 0.05) is 44.5 Å². The molecule has 0 N–H and O–H groups in total. The van der Waals surface area contributed by atoms with Crippen molar-refractivity contribution >= 4 is 22.8 Å². The number of hydrogen-bond donors (Lipinski definition) is 0. The second-order valence-electron chi connectivity index (χ2n) is 10.7. The first-order chi connectivity index (χ1) is 20.5. The number of nitriles is 1. The summed E-state index contributed by atoms with van der Waals surface area (Å²) in [5.41, 5.74) is 3.55. The lowest BCUT2D eigenvalue weighted by atomic mass is 10.1. The van der Waals surface area contributed by atoms with E-state index < -0.39 is 0 Å². The lowest BCUT2D eigenvalue weighted by Gasteiger charge is -2.40. The van der Waals surface area contributed by atoms with Crippen LogP contribution in [-0.4, -0.2) is 75.9 Å². The van der Waals surface area contributed by atoms with Gasteiger partial charge in [-0.1, -0.05) is 6.07 Å². The van der Waals surface area contributed by atoms with Crippen molar-refractivity contribution in [3.05, 3.63) is 77.4 Å². The SMILES string of the molecule is COC(=O)c1ccc2nc(CN3CCN(c4cccc(OCc5ccc(C#N)cn5)n4)CC3C)n(CC3CCO3)c2c1. The summed E-state index contributed by atoms with van der Waals surface area (Å²) in [5.74, 6) is 2.01. The third-order valence-electron chi connectivity index (χ3n) is 7.89. The van der Waals surface area contributed by atoms with E-state index in [9.17, 15) is 4.79 Å². The monoisotopic (exact) mass is 567 g/mol. The number of benzene rings is 1. The molecule has 11 nitrogen and oxygen atoms in total. The van der Waals surface area contributed by atoms with Gasteiger partial charge in [0.05, 0.1) is 54.2 Å². The zero-order valence-corrected chi connectivity index (χ0v) is 23.8. The molecule has 2 aliphatic rings. The minimum atomic E-state index is -0.357. The van der Waals surface area contributed by atoms with Crippen molar-refractivity contribution in [1.82, 2.24) is 24.4 Å². The fourth-order valence-corrected chi connectivity index (χ4v) is 5.38. The van der Waals surface area contributed by atoms with Crippen LogP contribution in [0.1, 0.15) is 40.8 Å². The van der Waals surface area contributed by atoms with E-state index in [0.717, 1.165) is 61.0 Å². The second-order valence-corrected chi connectivity index (χ2v) is 10.7. The molecule has 4 aromatic rings. The van der Waals surface area contributed by atoms with Gasteiger partial charge in [-0.25, -0.2) is 9.78 Å². The van der Waals surface area contributed by atoms with Gasteiger partial charge in [0.15, 0.2) is 0 Å². The molecule has 2 fully saturated rings. The Labute approximate surface area is 244 Å². The van der Waals surface area contributed by atoms with Gasteiger partial charge in [0.25, 0.3) is 0 Å². The third kappa shape index (κ3) is 5.91. The average Bonchev–Trinajstić information content (AvgIpc) is 3.34. The first-order valence-corrected chi connectivity index (χ1v) is 14.1. The van der Waals surface area contributed by atoms with E-state index in [1.165, 1.54) is 7.11 Å². The number of ether oxygens (including phenoxy) is 3. The van der Waals surface area contributed by atoms with E-state index in [-0.39, 0.29) is 24.7 Å². The van der Waals surface area contributed by atoms with Gasteiger partial charge in [-0.2, -0.15) is 10.2 Å². The van der Waals surface area contributed by atoms with Gasteiger partial charge >= 0.3 is 5.97 Å². The summed E-state index contributed by atoms with van der Waals surface area (Å²) in [6.07, 6.45) is 2.72. The number of hydrogen-bond acceptors (Lipinski definition) is 10. The number of aromatic nitrogens is 4. The highest BCUT2D eigenvalue weighted by atomic mass is 16.5. The van der Waals surface area contributed by atoms with Crippen molar-refractivity contribution in [2.75, 3.05) is 38.3 Å². The Morgan fingerprint density at radius 2 is 2.05 bits per heavy atom. The minimum absolute atomic E-state index is 0.158. The summed E-state index contributed by atoms with van der Waals surface area (Å²) in [4.78, 5) is 30.9. The van der Waals surface area contributed by atoms with Crippen LogP contribution < -0.4 is 9.64 Å². The average molecular weight is 568 g/mol. The molecule has 6 rings (SSSR count). The van der Waals surface area contributed by atoms with Crippen molar-refractivity contribution in [1.29, 1.82) is 5.26 Å². The van der Waals surface area contributed by atoms with Crippen molar-refractivity contribution in [2.45, 2.75) is 45.2 Å². The summed E-state index contributed by atoms with van der Waals surface area (Å²) in [7, 11) is 1.40. The van der Waals surface area contributed by atoms with Gasteiger partial charge < -0.3 is 23.7 Å². The molecule has 2 atom stereocenters. The van der Waals surface area contributed by atoms with E-state index >= 15 is 0 Å². The number of carbonyl (C=O) groups is 1. The van der Waals surface area contributed by atoms with Crippen LogP contribution in [0.25, 0.3) is 11.0 Å². The lowest BCUT2D eigenvalue weighted by Crippen LogP contribution is -2.52. The largest absolute Gasteiger partial charge is 0.471 e. The number of nitrogens with zero attached hydrogens (tertiary/aromatic N) is 7. The molecule has 11 heteroatoms. The summed E-state index contributed by atoms with van der Waals surface area (Å²) < 4.78 is 18.8. The molecular formula is C31H33N7O4. The highest BCUT2D eigenvalue weighted by Gasteiger charge is 2.28. The summed E-state index contributed by atoms with van der Waals surface area (Å²) in [5, 5.41) is 8.96. The van der Waals surface area contributed by atoms with Gasteiger partial charge in [-0.05, 0) is 49.7 Å². The predicted octanol–water partition coefficient (Wildman–Crippen LogP) is 3.56. The van der Waals surface area contributed by atoms with Gasteiger partial charge in [-0.15, -0.1) is 0 Å². The Kier molecular flexibility index (Phi) is 7.99. The smallest absolute Gasteiger partial charge is 0.337 e. The molecule has 0 spiro atoms. The molecule has 0 amide bonds. The van der Waals surface area contributed by atoms with Crippen LogP contribution in [0.15, 0.2) is 54.7 Å². The van der Waals surface area contributed by atoms with E-state index in [2.05, 4.69) is 32.3 Å². The normalized spacial score (nSPS) is 18.8. The molecule has 2 saturated heterocycles.